The molecule has 1 aliphatic rings. The van der Waals surface area contributed by atoms with Crippen LogP contribution < -0.4 is 20.1 Å². The summed E-state index contributed by atoms with van der Waals surface area (Å²) in [5.74, 6) is 1.22. The van der Waals surface area contributed by atoms with Crippen molar-refractivity contribution in [1.29, 1.82) is 0 Å². The van der Waals surface area contributed by atoms with Gasteiger partial charge < -0.3 is 20.1 Å². The van der Waals surface area contributed by atoms with Crippen LogP contribution in [0, 0.1) is 0 Å². The van der Waals surface area contributed by atoms with Gasteiger partial charge >= 0.3 is 0 Å². The van der Waals surface area contributed by atoms with E-state index < -0.39 is 0 Å². The second kappa shape index (κ2) is 5.54. The molecule has 1 amide bonds. The number of likely N-dealkylation sites (N-methyl/N-ethyl adjacent to an activating group) is 1. The normalized spacial score (nSPS) is 12.5. The molecule has 5 nitrogen and oxygen atoms in total. The Morgan fingerprint density at radius 2 is 2.12 bits per heavy atom. The lowest BCUT2D eigenvalue weighted by Gasteiger charge is -2.06. The van der Waals surface area contributed by atoms with Crippen LogP contribution in [0.25, 0.3) is 0 Å². The van der Waals surface area contributed by atoms with E-state index in [9.17, 15) is 4.79 Å². The molecule has 0 radical (unpaired) electrons. The fraction of sp³-hybridized carbons (Fsp3) is 0.417. The average Bonchev–Trinajstić information content (AvgIpc) is 2.81. The second-order valence-electron chi connectivity index (χ2n) is 3.68. The Morgan fingerprint density at radius 3 is 2.94 bits per heavy atom. The highest BCUT2D eigenvalue weighted by atomic mass is 16.7. The van der Waals surface area contributed by atoms with Crippen LogP contribution in [0.5, 0.6) is 11.5 Å². The summed E-state index contributed by atoms with van der Waals surface area (Å²) in [4.78, 5) is 11.8. The standard InChI is InChI=1S/C12H16N2O3/c1-2-13-5-6-14-12(15)9-3-4-10-11(7-9)17-8-16-10/h3-4,7,13H,2,5-6,8H2,1H3,(H,14,15). The highest BCUT2D eigenvalue weighted by Gasteiger charge is 2.15. The zero-order valence-corrected chi connectivity index (χ0v) is 9.79. The maximum Gasteiger partial charge on any atom is 0.251 e. The number of fused-ring (bicyclic) bond motifs is 1. The predicted octanol–water partition coefficient (Wildman–Crippen LogP) is 0.755. The van der Waals surface area contributed by atoms with Gasteiger partial charge in [0.2, 0.25) is 6.79 Å². The fourth-order valence-corrected chi connectivity index (χ4v) is 1.58. The van der Waals surface area contributed by atoms with Crippen LogP contribution in [-0.4, -0.2) is 32.3 Å². The Labute approximate surface area is 100 Å². The summed E-state index contributed by atoms with van der Waals surface area (Å²) in [5.41, 5.74) is 0.589. The van der Waals surface area contributed by atoms with Crippen molar-refractivity contribution in [2.75, 3.05) is 26.4 Å². The summed E-state index contributed by atoms with van der Waals surface area (Å²) in [6.45, 7) is 4.54. The van der Waals surface area contributed by atoms with Crippen LogP contribution in [0.2, 0.25) is 0 Å². The fourth-order valence-electron chi connectivity index (χ4n) is 1.58. The molecule has 17 heavy (non-hydrogen) atoms. The predicted molar refractivity (Wildman–Crippen MR) is 63.4 cm³/mol. The van der Waals surface area contributed by atoms with Crippen molar-refractivity contribution in [2.24, 2.45) is 0 Å². The Kier molecular flexibility index (Phi) is 3.82. The minimum atomic E-state index is -0.0961. The molecule has 2 rings (SSSR count). The van der Waals surface area contributed by atoms with Crippen molar-refractivity contribution in [3.63, 3.8) is 0 Å². The Hall–Kier alpha value is -1.75. The monoisotopic (exact) mass is 236 g/mol. The van der Waals surface area contributed by atoms with E-state index in [0.717, 1.165) is 13.1 Å². The van der Waals surface area contributed by atoms with E-state index in [1.165, 1.54) is 0 Å². The maximum atomic E-state index is 11.8. The molecule has 0 aromatic heterocycles. The summed E-state index contributed by atoms with van der Waals surface area (Å²) >= 11 is 0. The molecule has 0 aliphatic carbocycles. The van der Waals surface area contributed by atoms with Gasteiger partial charge in [-0.2, -0.15) is 0 Å². The zero-order valence-electron chi connectivity index (χ0n) is 9.79. The van der Waals surface area contributed by atoms with Gasteiger partial charge in [0, 0.05) is 18.7 Å². The van der Waals surface area contributed by atoms with Crippen molar-refractivity contribution in [1.82, 2.24) is 10.6 Å². The van der Waals surface area contributed by atoms with E-state index in [1.54, 1.807) is 18.2 Å². The number of hydrogen-bond donors (Lipinski definition) is 2. The zero-order chi connectivity index (χ0) is 12.1. The number of carbonyl (C=O) groups excluding carboxylic acids is 1. The first-order valence-corrected chi connectivity index (χ1v) is 5.70. The molecule has 1 heterocycles. The summed E-state index contributed by atoms with van der Waals surface area (Å²) in [6.07, 6.45) is 0. The molecule has 1 aliphatic heterocycles. The van der Waals surface area contributed by atoms with E-state index >= 15 is 0 Å². The number of carbonyl (C=O) groups is 1. The van der Waals surface area contributed by atoms with Crippen LogP contribution in [0.15, 0.2) is 18.2 Å². The Balaban J connectivity index is 1.91. The third-order valence-corrected chi connectivity index (χ3v) is 2.47. The molecule has 2 N–H and O–H groups in total. The molecular formula is C12H16N2O3. The molecule has 92 valence electrons. The number of nitrogens with one attached hydrogen (secondary N) is 2. The lowest BCUT2D eigenvalue weighted by Crippen LogP contribution is -2.31. The summed E-state index contributed by atoms with van der Waals surface area (Å²) in [7, 11) is 0. The van der Waals surface area contributed by atoms with Gasteiger partial charge in [-0.3, -0.25) is 4.79 Å². The Morgan fingerprint density at radius 1 is 1.29 bits per heavy atom. The SMILES string of the molecule is CCNCCNC(=O)c1ccc2c(c1)OCO2. The van der Waals surface area contributed by atoms with Crippen molar-refractivity contribution in [2.45, 2.75) is 6.92 Å². The van der Waals surface area contributed by atoms with Crippen LogP contribution >= 0.6 is 0 Å². The quantitative estimate of drug-likeness (QED) is 0.741. The smallest absolute Gasteiger partial charge is 0.251 e. The molecule has 0 spiro atoms. The first-order chi connectivity index (χ1) is 8.31. The van der Waals surface area contributed by atoms with Gasteiger partial charge in [-0.05, 0) is 24.7 Å². The van der Waals surface area contributed by atoms with Crippen molar-refractivity contribution in [3.05, 3.63) is 23.8 Å². The third-order valence-electron chi connectivity index (χ3n) is 2.47. The molecular weight excluding hydrogens is 220 g/mol. The molecule has 0 unspecified atom stereocenters. The van der Waals surface area contributed by atoms with Gasteiger partial charge in [0.1, 0.15) is 0 Å². The highest BCUT2D eigenvalue weighted by molar-refractivity contribution is 5.94. The van der Waals surface area contributed by atoms with Crippen LogP contribution in [0.1, 0.15) is 17.3 Å². The van der Waals surface area contributed by atoms with Gasteiger partial charge in [-0.15, -0.1) is 0 Å². The summed E-state index contributed by atoms with van der Waals surface area (Å²) < 4.78 is 10.4. The van der Waals surface area contributed by atoms with Gasteiger partial charge in [-0.25, -0.2) is 0 Å². The first kappa shape index (κ1) is 11.7. The molecule has 0 saturated carbocycles. The summed E-state index contributed by atoms with van der Waals surface area (Å²) in [6, 6.07) is 5.18. The van der Waals surface area contributed by atoms with Crippen molar-refractivity contribution >= 4 is 5.91 Å². The van der Waals surface area contributed by atoms with Crippen LogP contribution in [0.4, 0.5) is 0 Å². The first-order valence-electron chi connectivity index (χ1n) is 5.70. The minimum absolute atomic E-state index is 0.0961. The van der Waals surface area contributed by atoms with E-state index in [2.05, 4.69) is 10.6 Å². The number of rotatable bonds is 5. The molecule has 0 saturated heterocycles. The van der Waals surface area contributed by atoms with Gasteiger partial charge in [-0.1, -0.05) is 6.92 Å². The van der Waals surface area contributed by atoms with Gasteiger partial charge in [0.15, 0.2) is 11.5 Å². The lowest BCUT2D eigenvalue weighted by molar-refractivity contribution is 0.0953. The Bertz CT molecular complexity index is 407. The lowest BCUT2D eigenvalue weighted by atomic mass is 10.2. The highest BCUT2D eigenvalue weighted by Crippen LogP contribution is 2.32. The van der Waals surface area contributed by atoms with E-state index in [0.29, 0.717) is 23.6 Å². The molecule has 1 aromatic carbocycles. The van der Waals surface area contributed by atoms with Crippen LogP contribution in [-0.2, 0) is 0 Å². The van der Waals surface area contributed by atoms with E-state index in [1.807, 2.05) is 6.92 Å². The molecule has 0 bridgehead atoms. The number of amides is 1. The number of benzene rings is 1. The maximum absolute atomic E-state index is 11.8. The van der Waals surface area contributed by atoms with Gasteiger partial charge in [0.25, 0.3) is 5.91 Å². The second-order valence-corrected chi connectivity index (χ2v) is 3.68. The van der Waals surface area contributed by atoms with E-state index in [-0.39, 0.29) is 12.7 Å². The van der Waals surface area contributed by atoms with Crippen molar-refractivity contribution < 1.29 is 14.3 Å². The largest absolute Gasteiger partial charge is 0.454 e. The van der Waals surface area contributed by atoms with Crippen LogP contribution in [0.3, 0.4) is 0 Å². The summed E-state index contributed by atoms with van der Waals surface area (Å²) in [5, 5.41) is 5.96. The number of ether oxygens (including phenoxy) is 2. The van der Waals surface area contributed by atoms with Crippen molar-refractivity contribution in [3.8, 4) is 11.5 Å². The minimum Gasteiger partial charge on any atom is -0.454 e. The van der Waals surface area contributed by atoms with E-state index in [4.69, 9.17) is 9.47 Å². The number of hydrogen-bond acceptors (Lipinski definition) is 4. The topological polar surface area (TPSA) is 59.6 Å². The third kappa shape index (κ3) is 2.88. The molecule has 1 aromatic rings. The molecule has 0 atom stereocenters. The average molecular weight is 236 g/mol. The molecule has 5 heteroatoms. The van der Waals surface area contributed by atoms with Gasteiger partial charge in [0.05, 0.1) is 0 Å². The molecule has 0 fully saturated rings.